The molecule has 0 radical (unpaired) electrons. The molecular weight excluding hydrogens is 472 g/mol. The van der Waals surface area contributed by atoms with Crippen LogP contribution in [0.5, 0.6) is 23.1 Å². The molecule has 0 fully saturated rings. The highest BCUT2D eigenvalue weighted by atomic mass is 35.5. The second-order valence-corrected chi connectivity index (χ2v) is 8.26. The second-order valence-electron chi connectivity index (χ2n) is 7.83. The van der Waals surface area contributed by atoms with Gasteiger partial charge in [-0.2, -0.15) is 5.26 Å². The zero-order valence-corrected chi connectivity index (χ0v) is 20.6. The number of ketones is 1. The van der Waals surface area contributed by atoms with E-state index in [1.807, 2.05) is 6.07 Å². The van der Waals surface area contributed by atoms with Gasteiger partial charge in [-0.1, -0.05) is 17.7 Å². The number of hydrogen-bond donors (Lipinski definition) is 1. The summed E-state index contributed by atoms with van der Waals surface area (Å²) >= 11 is 5.96. The van der Waals surface area contributed by atoms with Crippen molar-refractivity contribution in [2.24, 2.45) is 0 Å². The van der Waals surface area contributed by atoms with E-state index in [-0.39, 0.29) is 23.2 Å². The molecule has 3 aromatic rings. The van der Waals surface area contributed by atoms with Crippen molar-refractivity contribution in [3.05, 3.63) is 79.6 Å². The Morgan fingerprint density at radius 1 is 1.09 bits per heavy atom. The Balaban J connectivity index is 1.91. The lowest BCUT2D eigenvalue weighted by molar-refractivity contribution is 0.0916. The summed E-state index contributed by atoms with van der Waals surface area (Å²) in [6, 6.07) is 12.1. The molecule has 0 amide bonds. The molecule has 1 aromatic heterocycles. The van der Waals surface area contributed by atoms with E-state index < -0.39 is 23.8 Å². The lowest BCUT2D eigenvalue weighted by atomic mass is 10.0. The molecule has 1 N–H and O–H groups in total. The number of Topliss-reactive ketones (excluding diaryl/α,β-unsaturated/α-hetero) is 1. The van der Waals surface area contributed by atoms with Gasteiger partial charge in [0, 0.05) is 11.6 Å². The van der Waals surface area contributed by atoms with E-state index in [4.69, 9.17) is 25.8 Å². The van der Waals surface area contributed by atoms with Crippen molar-refractivity contribution in [2.75, 3.05) is 20.8 Å². The van der Waals surface area contributed by atoms with Gasteiger partial charge in [0.25, 0.3) is 5.56 Å². The molecule has 0 aliphatic carbocycles. The van der Waals surface area contributed by atoms with Crippen LogP contribution in [0.1, 0.15) is 32.6 Å². The lowest BCUT2D eigenvalue weighted by Crippen LogP contribution is -2.28. The van der Waals surface area contributed by atoms with Crippen molar-refractivity contribution in [1.82, 2.24) is 4.57 Å². The summed E-state index contributed by atoms with van der Waals surface area (Å²) in [5, 5.41) is 21.0. The number of nitriles is 1. The number of aromatic hydroxyl groups is 1. The summed E-state index contributed by atoms with van der Waals surface area (Å²) in [7, 11) is 3.05. The molecule has 0 saturated heterocycles. The molecule has 0 unspecified atom stereocenters. The van der Waals surface area contributed by atoms with Crippen LogP contribution < -0.4 is 19.8 Å². The number of halogens is 1. The second kappa shape index (κ2) is 11.0. The van der Waals surface area contributed by atoms with Gasteiger partial charge in [-0.25, -0.2) is 0 Å². The number of aryl methyl sites for hydroxylation is 2. The van der Waals surface area contributed by atoms with Crippen LogP contribution >= 0.6 is 11.6 Å². The Labute approximate surface area is 207 Å². The van der Waals surface area contributed by atoms with Crippen molar-refractivity contribution in [1.29, 1.82) is 5.26 Å². The Hall–Kier alpha value is -3.96. The van der Waals surface area contributed by atoms with Gasteiger partial charge in [-0.05, 0) is 67.3 Å². The van der Waals surface area contributed by atoms with Gasteiger partial charge in [-0.3, -0.25) is 14.2 Å². The van der Waals surface area contributed by atoms with Crippen LogP contribution in [-0.2, 0) is 13.0 Å². The van der Waals surface area contributed by atoms with Crippen LogP contribution in [0.15, 0.2) is 41.2 Å². The summed E-state index contributed by atoms with van der Waals surface area (Å²) in [6.45, 7) is 2.89. The number of methoxy groups -OCH3 is 2. The Bertz CT molecular complexity index is 1370. The van der Waals surface area contributed by atoms with E-state index in [0.717, 1.165) is 15.7 Å². The van der Waals surface area contributed by atoms with Gasteiger partial charge in [0.15, 0.2) is 18.1 Å². The van der Waals surface area contributed by atoms with Crippen molar-refractivity contribution in [2.45, 2.75) is 26.8 Å². The first-order chi connectivity index (χ1) is 16.7. The Morgan fingerprint density at radius 2 is 1.77 bits per heavy atom. The van der Waals surface area contributed by atoms with Crippen LogP contribution in [-0.4, -0.2) is 36.3 Å². The topological polar surface area (TPSA) is 111 Å². The molecule has 0 aliphatic heterocycles. The van der Waals surface area contributed by atoms with Gasteiger partial charge < -0.3 is 19.3 Å². The largest absolute Gasteiger partial charge is 0.494 e. The maximum absolute atomic E-state index is 13.0. The molecule has 0 atom stereocenters. The number of benzene rings is 2. The summed E-state index contributed by atoms with van der Waals surface area (Å²) in [5.74, 6) is 0.470. The quantitative estimate of drug-likeness (QED) is 0.441. The van der Waals surface area contributed by atoms with Gasteiger partial charge >= 0.3 is 0 Å². The minimum atomic E-state index is -0.672. The maximum atomic E-state index is 13.0. The molecule has 0 bridgehead atoms. The number of carbonyl (C=O) groups is 1. The van der Waals surface area contributed by atoms with E-state index in [2.05, 4.69) is 0 Å². The summed E-state index contributed by atoms with van der Waals surface area (Å²) in [4.78, 5) is 25.9. The molecule has 8 nitrogen and oxygen atoms in total. The zero-order valence-electron chi connectivity index (χ0n) is 19.8. The molecule has 0 spiro atoms. The molecule has 9 heteroatoms. The van der Waals surface area contributed by atoms with Gasteiger partial charge in [-0.15, -0.1) is 0 Å². The summed E-state index contributed by atoms with van der Waals surface area (Å²) in [6.07, 6.45) is 0.329. The van der Waals surface area contributed by atoms with Crippen LogP contribution in [0.4, 0.5) is 0 Å². The fourth-order valence-corrected chi connectivity index (χ4v) is 3.99. The number of rotatable bonds is 9. The predicted molar refractivity (Wildman–Crippen MR) is 131 cm³/mol. The molecule has 1 heterocycles. The number of nitrogens with zero attached hydrogens (tertiary/aromatic N) is 2. The monoisotopic (exact) mass is 496 g/mol. The van der Waals surface area contributed by atoms with E-state index in [0.29, 0.717) is 28.7 Å². The van der Waals surface area contributed by atoms with E-state index in [9.17, 15) is 20.0 Å². The highest BCUT2D eigenvalue weighted by molar-refractivity contribution is 6.30. The zero-order chi connectivity index (χ0) is 25.7. The molecule has 0 aliphatic rings. The maximum Gasteiger partial charge on any atom is 0.271 e. The molecule has 2 aromatic carbocycles. The third-order valence-electron chi connectivity index (χ3n) is 5.65. The minimum Gasteiger partial charge on any atom is -0.494 e. The lowest BCUT2D eigenvalue weighted by Gasteiger charge is -2.16. The van der Waals surface area contributed by atoms with Crippen molar-refractivity contribution in [3.63, 3.8) is 0 Å². The fourth-order valence-electron chi connectivity index (χ4n) is 3.76. The normalized spacial score (nSPS) is 10.5. The average Bonchev–Trinajstić information content (AvgIpc) is 2.83. The van der Waals surface area contributed by atoms with Crippen LogP contribution in [0.2, 0.25) is 5.02 Å². The van der Waals surface area contributed by atoms with Gasteiger partial charge in [0.05, 0.1) is 19.8 Å². The Morgan fingerprint density at radius 3 is 2.40 bits per heavy atom. The highest BCUT2D eigenvalue weighted by Crippen LogP contribution is 2.29. The van der Waals surface area contributed by atoms with E-state index in [1.54, 1.807) is 43.3 Å². The molecule has 0 saturated carbocycles. The molecule has 3 rings (SSSR count). The summed E-state index contributed by atoms with van der Waals surface area (Å²) < 4.78 is 17.2. The molecular formula is C26H25ClN2O6. The smallest absolute Gasteiger partial charge is 0.271 e. The third-order valence-corrected chi connectivity index (χ3v) is 5.88. The SMILES string of the molecule is COc1ccc(CCn2c(O)c(C(=O)COc3ccc(Cl)cc3C)c(C)c(C#N)c2=O)cc1OC. The standard InChI is InChI=1S/C26H25ClN2O6/c1-15-11-18(27)6-8-21(15)35-14-20(30)24-16(2)19(13-28)25(31)29(26(24)32)10-9-17-5-7-22(33-3)23(12-17)34-4/h5-8,11-12,32H,9-10,14H2,1-4H3. The third kappa shape index (κ3) is 5.42. The first kappa shape index (κ1) is 25.7. The minimum absolute atomic E-state index is 0.0343. The summed E-state index contributed by atoms with van der Waals surface area (Å²) in [5.41, 5.74) is 0.653. The van der Waals surface area contributed by atoms with Crippen LogP contribution in [0.3, 0.4) is 0 Å². The first-order valence-electron chi connectivity index (χ1n) is 10.7. The highest BCUT2D eigenvalue weighted by Gasteiger charge is 2.24. The van der Waals surface area contributed by atoms with Crippen LogP contribution in [0, 0.1) is 25.2 Å². The number of carbonyl (C=O) groups excluding carboxylic acids is 1. The first-order valence-corrected chi connectivity index (χ1v) is 11.1. The predicted octanol–water partition coefficient (Wildman–Crippen LogP) is 4.22. The van der Waals surface area contributed by atoms with Crippen molar-refractivity contribution < 1.29 is 24.1 Å². The Kier molecular flexibility index (Phi) is 8.05. The number of ether oxygens (including phenoxy) is 3. The van der Waals surface area contributed by atoms with Gasteiger partial charge in [0.2, 0.25) is 11.7 Å². The van der Waals surface area contributed by atoms with Gasteiger partial charge in [0.1, 0.15) is 17.4 Å². The average molecular weight is 497 g/mol. The fraction of sp³-hybridized carbons (Fsp3) is 0.269. The van der Waals surface area contributed by atoms with Crippen LogP contribution in [0.25, 0.3) is 0 Å². The number of hydrogen-bond acceptors (Lipinski definition) is 7. The van der Waals surface area contributed by atoms with Crippen molar-refractivity contribution >= 4 is 17.4 Å². The number of aromatic nitrogens is 1. The molecule has 182 valence electrons. The van der Waals surface area contributed by atoms with E-state index >= 15 is 0 Å². The molecule has 35 heavy (non-hydrogen) atoms. The number of pyridine rings is 1. The van der Waals surface area contributed by atoms with E-state index in [1.165, 1.54) is 21.1 Å². The van der Waals surface area contributed by atoms with Crippen molar-refractivity contribution in [3.8, 4) is 29.2 Å².